The fourth-order valence-corrected chi connectivity index (χ4v) is 5.73. The molecule has 0 amide bonds. The van der Waals surface area contributed by atoms with Crippen LogP contribution >= 0.6 is 0 Å². The molecule has 1 fully saturated rings. The van der Waals surface area contributed by atoms with Crippen molar-refractivity contribution in [1.82, 2.24) is 10.1 Å². The summed E-state index contributed by atoms with van der Waals surface area (Å²) in [5, 5.41) is 5.17. The highest BCUT2D eigenvalue weighted by Gasteiger charge is 2.25. The first-order valence-corrected chi connectivity index (χ1v) is 15.8. The maximum absolute atomic E-state index is 13.5. The summed E-state index contributed by atoms with van der Waals surface area (Å²) >= 11 is 0. The highest BCUT2D eigenvalue weighted by molar-refractivity contribution is 5.79. The fraction of sp³-hybridized carbons (Fsp3) is 0.588. The number of piperidine rings is 1. The number of nitrogens with zero attached hydrogens (tertiary/aromatic N) is 2. The highest BCUT2D eigenvalue weighted by atomic mass is 19.1. The molecule has 1 saturated heterocycles. The third-order valence-electron chi connectivity index (χ3n) is 8.26. The molecule has 0 saturated carbocycles. The quantitative estimate of drug-likeness (QED) is 0.117. The third kappa shape index (κ3) is 9.18. The molecule has 4 rings (SSSR count). The molecule has 230 valence electrons. The molecule has 7 nitrogen and oxygen atoms in total. The highest BCUT2D eigenvalue weighted by Crippen LogP contribution is 2.34. The van der Waals surface area contributed by atoms with Gasteiger partial charge in [0, 0.05) is 30.3 Å². The van der Waals surface area contributed by atoms with E-state index in [0.717, 1.165) is 68.4 Å². The summed E-state index contributed by atoms with van der Waals surface area (Å²) in [4.78, 5) is 14.8. The van der Waals surface area contributed by atoms with Crippen LogP contribution in [0.15, 0.2) is 40.9 Å². The molecule has 0 N–H and O–H groups in total. The lowest BCUT2D eigenvalue weighted by Gasteiger charge is -2.31. The van der Waals surface area contributed by atoms with Gasteiger partial charge < -0.3 is 23.6 Å². The molecular weight excluding hydrogens is 535 g/mol. The summed E-state index contributed by atoms with van der Waals surface area (Å²) < 4.78 is 36.2. The number of carbonyl (C=O) groups excluding carboxylic acids is 1. The van der Waals surface area contributed by atoms with Crippen LogP contribution < -0.4 is 9.47 Å². The van der Waals surface area contributed by atoms with Crippen LogP contribution in [0.4, 0.5) is 4.39 Å². The van der Waals surface area contributed by atoms with Crippen molar-refractivity contribution in [2.75, 3.05) is 33.4 Å². The number of halogens is 1. The summed E-state index contributed by atoms with van der Waals surface area (Å²) in [6.45, 7) is 7.60. The van der Waals surface area contributed by atoms with E-state index in [-0.39, 0.29) is 17.9 Å². The first kappa shape index (κ1) is 31.8. The maximum Gasteiger partial charge on any atom is 0.306 e. The van der Waals surface area contributed by atoms with Crippen LogP contribution in [-0.2, 0) is 9.53 Å². The van der Waals surface area contributed by atoms with Crippen LogP contribution in [0.2, 0.25) is 0 Å². The standard InChI is InChI=1S/C34H47FN2O5/c1-4-5-6-7-8-9-10-12-33(38)41-25(2)27-13-16-30(32(23-27)39-3)40-22-11-19-37-20-17-26(18-21-37)34-29-15-14-28(35)24-31(29)42-36-34/h13-16,23-26H,4-12,17-22H2,1-3H3/t25-/m0/s1. The minimum Gasteiger partial charge on any atom is -0.493 e. The molecule has 2 aromatic carbocycles. The Kier molecular flexibility index (Phi) is 12.5. The first-order valence-electron chi connectivity index (χ1n) is 15.8. The molecule has 3 aromatic rings. The topological polar surface area (TPSA) is 74.0 Å². The Hall–Kier alpha value is -3.13. The molecule has 0 radical (unpaired) electrons. The summed E-state index contributed by atoms with van der Waals surface area (Å²) in [7, 11) is 1.63. The first-order chi connectivity index (χ1) is 20.5. The van der Waals surface area contributed by atoms with Crippen LogP contribution in [-0.4, -0.2) is 49.4 Å². The van der Waals surface area contributed by atoms with Crippen LogP contribution in [0.3, 0.4) is 0 Å². The lowest BCUT2D eigenvalue weighted by molar-refractivity contribution is -0.148. The Labute approximate surface area is 249 Å². The predicted molar refractivity (Wildman–Crippen MR) is 163 cm³/mol. The zero-order valence-electron chi connectivity index (χ0n) is 25.5. The van der Waals surface area contributed by atoms with Crippen molar-refractivity contribution in [3.8, 4) is 11.5 Å². The number of hydrogen-bond donors (Lipinski definition) is 0. The molecule has 0 aliphatic carbocycles. The van der Waals surface area contributed by atoms with Gasteiger partial charge in [-0.05, 0) is 75.5 Å². The second kappa shape index (κ2) is 16.5. The molecule has 8 heteroatoms. The van der Waals surface area contributed by atoms with E-state index in [0.29, 0.717) is 36.0 Å². The molecular formula is C34H47FN2O5. The number of likely N-dealkylation sites (tertiary alicyclic amines) is 1. The number of unbranched alkanes of at least 4 members (excludes halogenated alkanes) is 6. The second-order valence-electron chi connectivity index (χ2n) is 11.4. The van der Waals surface area contributed by atoms with Gasteiger partial charge in [0.2, 0.25) is 0 Å². The number of aromatic nitrogens is 1. The van der Waals surface area contributed by atoms with E-state index in [1.54, 1.807) is 13.2 Å². The summed E-state index contributed by atoms with van der Waals surface area (Å²) in [6, 6.07) is 10.4. The third-order valence-corrected chi connectivity index (χ3v) is 8.26. The number of hydrogen-bond acceptors (Lipinski definition) is 7. The molecule has 0 bridgehead atoms. The van der Waals surface area contributed by atoms with Gasteiger partial charge >= 0.3 is 5.97 Å². The Balaban J connectivity index is 1.14. The van der Waals surface area contributed by atoms with Gasteiger partial charge in [-0.15, -0.1) is 0 Å². The summed E-state index contributed by atoms with van der Waals surface area (Å²) in [5.41, 5.74) is 2.35. The molecule has 42 heavy (non-hydrogen) atoms. The van der Waals surface area contributed by atoms with Crippen LogP contribution in [0.25, 0.3) is 11.0 Å². The zero-order chi connectivity index (χ0) is 29.7. The second-order valence-corrected chi connectivity index (χ2v) is 11.4. The van der Waals surface area contributed by atoms with Crippen LogP contribution in [0, 0.1) is 5.82 Å². The average molecular weight is 583 g/mol. The number of fused-ring (bicyclic) bond motifs is 1. The Bertz CT molecular complexity index is 1250. The van der Waals surface area contributed by atoms with Crippen molar-refractivity contribution >= 4 is 16.9 Å². The van der Waals surface area contributed by atoms with E-state index in [4.69, 9.17) is 18.7 Å². The van der Waals surface area contributed by atoms with Crippen LogP contribution in [0.5, 0.6) is 11.5 Å². The van der Waals surface area contributed by atoms with Gasteiger partial charge in [-0.3, -0.25) is 4.79 Å². The minimum atomic E-state index is -0.343. The summed E-state index contributed by atoms with van der Waals surface area (Å²) in [5.74, 6) is 1.21. The number of rotatable bonds is 17. The van der Waals surface area contributed by atoms with Gasteiger partial charge in [0.05, 0.1) is 19.4 Å². The van der Waals surface area contributed by atoms with Crippen molar-refractivity contribution < 1.29 is 27.9 Å². The molecule has 0 spiro atoms. The van der Waals surface area contributed by atoms with E-state index >= 15 is 0 Å². The average Bonchev–Trinajstić information content (AvgIpc) is 3.42. The number of ether oxygens (including phenoxy) is 3. The normalized spacial score (nSPS) is 15.1. The van der Waals surface area contributed by atoms with Crippen molar-refractivity contribution in [3.05, 3.63) is 53.5 Å². The molecule has 1 atom stereocenters. The predicted octanol–water partition coefficient (Wildman–Crippen LogP) is 8.37. The number of carbonyl (C=O) groups is 1. The Morgan fingerprint density at radius 2 is 1.79 bits per heavy atom. The van der Waals surface area contributed by atoms with Crippen molar-refractivity contribution in [1.29, 1.82) is 0 Å². The van der Waals surface area contributed by atoms with Crippen molar-refractivity contribution in [3.63, 3.8) is 0 Å². The fourth-order valence-electron chi connectivity index (χ4n) is 5.73. The van der Waals surface area contributed by atoms with Gasteiger partial charge in [-0.1, -0.05) is 56.7 Å². The number of methoxy groups -OCH3 is 1. The lowest BCUT2D eigenvalue weighted by atomic mass is 9.91. The monoisotopic (exact) mass is 582 g/mol. The Morgan fingerprint density at radius 3 is 2.55 bits per heavy atom. The van der Waals surface area contributed by atoms with Gasteiger partial charge in [-0.25, -0.2) is 4.39 Å². The molecule has 0 unspecified atom stereocenters. The van der Waals surface area contributed by atoms with E-state index in [1.807, 2.05) is 25.1 Å². The van der Waals surface area contributed by atoms with Crippen LogP contribution in [0.1, 0.15) is 108 Å². The van der Waals surface area contributed by atoms with Gasteiger partial charge in [0.25, 0.3) is 0 Å². The zero-order valence-corrected chi connectivity index (χ0v) is 25.5. The van der Waals surface area contributed by atoms with E-state index in [9.17, 15) is 9.18 Å². The lowest BCUT2D eigenvalue weighted by Crippen LogP contribution is -2.34. The van der Waals surface area contributed by atoms with Gasteiger partial charge in [-0.2, -0.15) is 0 Å². The number of benzene rings is 2. The van der Waals surface area contributed by atoms with E-state index in [2.05, 4.69) is 17.0 Å². The molecule has 1 aliphatic heterocycles. The van der Waals surface area contributed by atoms with Gasteiger partial charge in [0.15, 0.2) is 17.1 Å². The largest absolute Gasteiger partial charge is 0.493 e. The Morgan fingerprint density at radius 1 is 1.02 bits per heavy atom. The van der Waals surface area contributed by atoms with Gasteiger partial charge in [0.1, 0.15) is 11.9 Å². The maximum atomic E-state index is 13.5. The van der Waals surface area contributed by atoms with E-state index in [1.165, 1.54) is 44.2 Å². The molecule has 1 aliphatic rings. The molecule has 2 heterocycles. The van der Waals surface area contributed by atoms with Crippen molar-refractivity contribution in [2.45, 2.75) is 96.5 Å². The van der Waals surface area contributed by atoms with E-state index < -0.39 is 0 Å². The smallest absolute Gasteiger partial charge is 0.306 e. The number of esters is 1. The molecule has 1 aromatic heterocycles. The minimum absolute atomic E-state index is 0.149. The van der Waals surface area contributed by atoms with Crippen molar-refractivity contribution in [2.24, 2.45) is 0 Å². The summed E-state index contributed by atoms with van der Waals surface area (Å²) in [6.07, 6.45) is 11.2. The SMILES string of the molecule is CCCCCCCCCC(=O)O[C@@H](C)c1ccc(OCCCN2CCC(c3noc4cc(F)ccc34)CC2)c(OC)c1.